The molecule has 0 saturated heterocycles. The Kier molecular flexibility index (Phi) is 6.48. The zero-order valence-electron chi connectivity index (χ0n) is 15.0. The smallest absolute Gasteiger partial charge is 0.325 e. The number of benzene rings is 1. The lowest BCUT2D eigenvalue weighted by molar-refractivity contribution is -0.120. The Hall–Kier alpha value is -3.16. The fourth-order valence-electron chi connectivity index (χ4n) is 2.19. The number of amides is 1. The standard InChI is InChI=1S/C18H22N4O4/c1-11(2)10-26-15-7-5-4-6-13(15)9-19-22-16(23)8-14-12(3)20-18(25)21-17(14)24/h4-7,9,11H,8,10H2,1-3H3,(H,22,23)(H2,20,21,24,25)/b19-9-. The molecule has 138 valence electrons. The van der Waals surface area contributed by atoms with E-state index in [1.165, 1.54) is 6.21 Å². The third kappa shape index (κ3) is 5.44. The van der Waals surface area contributed by atoms with Crippen LogP contribution in [0.4, 0.5) is 0 Å². The van der Waals surface area contributed by atoms with Crippen LogP contribution in [0.1, 0.15) is 30.7 Å². The molecule has 0 saturated carbocycles. The van der Waals surface area contributed by atoms with Gasteiger partial charge in [-0.05, 0) is 25.0 Å². The van der Waals surface area contributed by atoms with Gasteiger partial charge in [0.05, 0.1) is 19.2 Å². The van der Waals surface area contributed by atoms with Gasteiger partial charge in [-0.25, -0.2) is 10.2 Å². The van der Waals surface area contributed by atoms with E-state index in [-0.39, 0.29) is 12.0 Å². The van der Waals surface area contributed by atoms with E-state index in [1.807, 2.05) is 24.3 Å². The second kappa shape index (κ2) is 8.80. The maximum Gasteiger partial charge on any atom is 0.325 e. The number of carbonyl (C=O) groups excluding carboxylic acids is 1. The van der Waals surface area contributed by atoms with Crippen LogP contribution in [0.5, 0.6) is 5.75 Å². The highest BCUT2D eigenvalue weighted by Crippen LogP contribution is 2.16. The summed E-state index contributed by atoms with van der Waals surface area (Å²) < 4.78 is 5.71. The fraction of sp³-hybridized carbons (Fsp3) is 0.333. The number of hydrazone groups is 1. The lowest BCUT2D eigenvalue weighted by atomic mass is 10.1. The summed E-state index contributed by atoms with van der Waals surface area (Å²) in [6, 6.07) is 7.35. The van der Waals surface area contributed by atoms with Crippen LogP contribution < -0.4 is 21.4 Å². The normalized spacial score (nSPS) is 11.1. The average Bonchev–Trinajstić information content (AvgIpc) is 2.57. The van der Waals surface area contributed by atoms with Gasteiger partial charge in [-0.3, -0.25) is 14.6 Å². The van der Waals surface area contributed by atoms with E-state index in [4.69, 9.17) is 4.74 Å². The van der Waals surface area contributed by atoms with Gasteiger partial charge in [-0.1, -0.05) is 26.0 Å². The molecule has 1 aromatic carbocycles. The Labute approximate surface area is 150 Å². The summed E-state index contributed by atoms with van der Waals surface area (Å²) in [5.41, 5.74) is 2.45. The van der Waals surface area contributed by atoms with E-state index in [9.17, 15) is 14.4 Å². The Morgan fingerprint density at radius 1 is 1.27 bits per heavy atom. The summed E-state index contributed by atoms with van der Waals surface area (Å²) in [7, 11) is 0. The molecular weight excluding hydrogens is 336 g/mol. The van der Waals surface area contributed by atoms with Crippen molar-refractivity contribution in [3.05, 3.63) is 61.9 Å². The van der Waals surface area contributed by atoms with Crippen molar-refractivity contribution in [2.24, 2.45) is 11.0 Å². The molecule has 8 nitrogen and oxygen atoms in total. The quantitative estimate of drug-likeness (QED) is 0.507. The van der Waals surface area contributed by atoms with Gasteiger partial charge in [0.15, 0.2) is 0 Å². The third-order valence-electron chi connectivity index (χ3n) is 3.48. The molecule has 1 aromatic heterocycles. The van der Waals surface area contributed by atoms with Gasteiger partial charge in [-0.15, -0.1) is 0 Å². The molecule has 0 spiro atoms. The zero-order chi connectivity index (χ0) is 19.1. The summed E-state index contributed by atoms with van der Waals surface area (Å²) in [4.78, 5) is 39.4. The topological polar surface area (TPSA) is 116 Å². The Morgan fingerprint density at radius 3 is 2.69 bits per heavy atom. The van der Waals surface area contributed by atoms with Crippen LogP contribution in [0, 0.1) is 12.8 Å². The monoisotopic (exact) mass is 358 g/mol. The van der Waals surface area contributed by atoms with E-state index >= 15 is 0 Å². The van der Waals surface area contributed by atoms with Crippen molar-refractivity contribution < 1.29 is 9.53 Å². The van der Waals surface area contributed by atoms with Crippen molar-refractivity contribution in [2.45, 2.75) is 27.2 Å². The second-order valence-corrected chi connectivity index (χ2v) is 6.22. The van der Waals surface area contributed by atoms with E-state index in [0.29, 0.717) is 24.0 Å². The minimum absolute atomic E-state index is 0.193. The summed E-state index contributed by atoms with van der Waals surface area (Å²) >= 11 is 0. The SMILES string of the molecule is Cc1[nH]c(=O)[nH]c(=O)c1CC(=O)N/N=C\c1ccccc1OCC(C)C. The molecule has 2 aromatic rings. The van der Waals surface area contributed by atoms with Gasteiger partial charge in [0.25, 0.3) is 5.56 Å². The zero-order valence-corrected chi connectivity index (χ0v) is 15.0. The average molecular weight is 358 g/mol. The summed E-state index contributed by atoms with van der Waals surface area (Å²) in [5, 5.41) is 3.91. The predicted molar refractivity (Wildman–Crippen MR) is 98.6 cm³/mol. The number of rotatable bonds is 7. The van der Waals surface area contributed by atoms with Crippen LogP contribution in [0.2, 0.25) is 0 Å². The first kappa shape index (κ1) is 19.2. The minimum Gasteiger partial charge on any atom is -0.493 e. The molecule has 0 bridgehead atoms. The Bertz CT molecular complexity index is 912. The molecular formula is C18H22N4O4. The minimum atomic E-state index is -0.604. The largest absolute Gasteiger partial charge is 0.493 e. The van der Waals surface area contributed by atoms with Crippen LogP contribution >= 0.6 is 0 Å². The van der Waals surface area contributed by atoms with Crippen LogP contribution in [-0.4, -0.2) is 28.7 Å². The molecule has 0 aliphatic heterocycles. The van der Waals surface area contributed by atoms with Gasteiger partial charge in [0, 0.05) is 16.8 Å². The lowest BCUT2D eigenvalue weighted by Crippen LogP contribution is -2.30. The number of ether oxygens (including phenoxy) is 1. The van der Waals surface area contributed by atoms with Crippen LogP contribution in [0.3, 0.4) is 0 Å². The molecule has 0 radical (unpaired) electrons. The number of H-pyrrole nitrogens is 2. The Balaban J connectivity index is 2.02. The summed E-state index contributed by atoms with van der Waals surface area (Å²) in [5.74, 6) is 0.591. The van der Waals surface area contributed by atoms with Crippen molar-refractivity contribution in [1.82, 2.24) is 15.4 Å². The van der Waals surface area contributed by atoms with E-state index in [2.05, 4.69) is 34.3 Å². The van der Waals surface area contributed by atoms with Crippen molar-refractivity contribution in [3.8, 4) is 5.75 Å². The highest BCUT2D eigenvalue weighted by Gasteiger charge is 2.10. The predicted octanol–water partition coefficient (Wildman–Crippen LogP) is 1.10. The van der Waals surface area contributed by atoms with Gasteiger partial charge in [0.1, 0.15) is 5.75 Å². The Morgan fingerprint density at radius 2 is 2.00 bits per heavy atom. The van der Waals surface area contributed by atoms with Crippen molar-refractivity contribution >= 4 is 12.1 Å². The van der Waals surface area contributed by atoms with Crippen LogP contribution in [-0.2, 0) is 11.2 Å². The number of hydrogen-bond donors (Lipinski definition) is 3. The van der Waals surface area contributed by atoms with Crippen LogP contribution in [0.25, 0.3) is 0 Å². The van der Waals surface area contributed by atoms with Crippen LogP contribution in [0.15, 0.2) is 39.0 Å². The molecule has 0 aliphatic rings. The van der Waals surface area contributed by atoms with E-state index in [0.717, 1.165) is 5.56 Å². The van der Waals surface area contributed by atoms with E-state index in [1.54, 1.807) is 6.92 Å². The highest BCUT2D eigenvalue weighted by atomic mass is 16.5. The summed E-state index contributed by atoms with van der Waals surface area (Å²) in [6.45, 7) is 6.24. The molecule has 0 aliphatic carbocycles. The van der Waals surface area contributed by atoms with Crippen molar-refractivity contribution in [3.63, 3.8) is 0 Å². The van der Waals surface area contributed by atoms with Crippen molar-refractivity contribution in [1.29, 1.82) is 0 Å². The van der Waals surface area contributed by atoms with E-state index < -0.39 is 17.2 Å². The molecule has 0 atom stereocenters. The number of aryl methyl sites for hydroxylation is 1. The first-order valence-electron chi connectivity index (χ1n) is 8.22. The maximum absolute atomic E-state index is 12.0. The number of aromatic nitrogens is 2. The number of nitrogens with one attached hydrogen (secondary N) is 3. The lowest BCUT2D eigenvalue weighted by Gasteiger charge is -2.10. The number of hydrogen-bond acceptors (Lipinski definition) is 5. The van der Waals surface area contributed by atoms with Gasteiger partial charge in [0.2, 0.25) is 5.91 Å². The number of carbonyl (C=O) groups is 1. The number of para-hydroxylation sites is 1. The molecule has 0 fully saturated rings. The molecule has 26 heavy (non-hydrogen) atoms. The fourth-order valence-corrected chi connectivity index (χ4v) is 2.19. The van der Waals surface area contributed by atoms with Gasteiger partial charge < -0.3 is 9.72 Å². The number of aromatic amines is 2. The van der Waals surface area contributed by atoms with Gasteiger partial charge >= 0.3 is 5.69 Å². The van der Waals surface area contributed by atoms with Crippen molar-refractivity contribution in [2.75, 3.05) is 6.61 Å². The summed E-state index contributed by atoms with van der Waals surface area (Å²) in [6.07, 6.45) is 1.29. The molecule has 2 rings (SSSR count). The molecule has 1 heterocycles. The van der Waals surface area contributed by atoms with Gasteiger partial charge in [-0.2, -0.15) is 5.10 Å². The molecule has 0 unspecified atom stereocenters. The highest BCUT2D eigenvalue weighted by molar-refractivity contribution is 5.85. The first-order chi connectivity index (χ1) is 12.4. The maximum atomic E-state index is 12.0. The molecule has 3 N–H and O–H groups in total. The first-order valence-corrected chi connectivity index (χ1v) is 8.22. The second-order valence-electron chi connectivity index (χ2n) is 6.22. The molecule has 1 amide bonds. The molecule has 8 heteroatoms. The number of nitrogens with zero attached hydrogens (tertiary/aromatic N) is 1. The third-order valence-corrected chi connectivity index (χ3v) is 3.48.